The molecule has 1 fully saturated rings. The van der Waals surface area contributed by atoms with Gasteiger partial charge in [0.1, 0.15) is 11.6 Å². The number of amides is 1. The molecule has 2 rings (SSSR count). The van der Waals surface area contributed by atoms with Gasteiger partial charge in [-0.05, 0) is 25.0 Å². The first kappa shape index (κ1) is 13.7. The zero-order valence-electron chi connectivity index (χ0n) is 10.3. The van der Waals surface area contributed by atoms with E-state index < -0.39 is 5.82 Å². The summed E-state index contributed by atoms with van der Waals surface area (Å²) in [5, 5.41) is 9.13. The monoisotopic (exact) mass is 282 g/mol. The highest BCUT2D eigenvalue weighted by atomic mass is 32.1. The maximum absolute atomic E-state index is 13.6. The lowest BCUT2D eigenvalue weighted by atomic mass is 9.96. The summed E-state index contributed by atoms with van der Waals surface area (Å²) < 4.78 is 13.6. The summed E-state index contributed by atoms with van der Waals surface area (Å²) in [5.41, 5.74) is 5.56. The number of thiocarbonyl (C=S) groups is 1. The smallest absolute Gasteiger partial charge is 0.256 e. The predicted octanol–water partition coefficient (Wildman–Crippen LogP) is 1.67. The molecule has 0 saturated carbocycles. The van der Waals surface area contributed by atoms with E-state index >= 15 is 0 Å². The molecule has 3 N–H and O–H groups in total. The molecule has 0 radical (unpaired) electrons. The zero-order valence-corrected chi connectivity index (χ0v) is 11.1. The van der Waals surface area contributed by atoms with Gasteiger partial charge in [-0.3, -0.25) is 4.79 Å². The zero-order chi connectivity index (χ0) is 14.0. The third-order valence-electron chi connectivity index (χ3n) is 3.37. The first-order valence-electron chi connectivity index (χ1n) is 6.06. The number of rotatable bonds is 2. The number of hydrogen-bond donors (Lipinski definition) is 2. The molecule has 6 heteroatoms. The number of hydrogen-bond acceptors (Lipinski definition) is 3. The second-order valence-electron chi connectivity index (χ2n) is 4.63. The molecular weight excluding hydrogens is 267 g/mol. The molecular formula is C13H15FN2O2S. The summed E-state index contributed by atoms with van der Waals surface area (Å²) in [7, 11) is 0. The average Bonchev–Trinajstić information content (AvgIpc) is 2.38. The third kappa shape index (κ3) is 3.01. The highest BCUT2D eigenvalue weighted by molar-refractivity contribution is 7.80. The minimum atomic E-state index is -0.707. The quantitative estimate of drug-likeness (QED) is 0.810. The van der Waals surface area contributed by atoms with Crippen LogP contribution < -0.4 is 5.73 Å². The van der Waals surface area contributed by atoms with E-state index in [9.17, 15) is 9.18 Å². The third-order valence-corrected chi connectivity index (χ3v) is 3.70. The van der Waals surface area contributed by atoms with Crippen molar-refractivity contribution in [2.24, 2.45) is 11.7 Å². The van der Waals surface area contributed by atoms with Gasteiger partial charge < -0.3 is 15.7 Å². The molecule has 102 valence electrons. The van der Waals surface area contributed by atoms with Gasteiger partial charge in [0.05, 0.1) is 10.6 Å². The van der Waals surface area contributed by atoms with Crippen LogP contribution in [-0.4, -0.2) is 34.0 Å². The van der Waals surface area contributed by atoms with Crippen molar-refractivity contribution >= 4 is 23.1 Å². The summed E-state index contributed by atoms with van der Waals surface area (Å²) in [6, 6.07) is 3.54. The van der Waals surface area contributed by atoms with Crippen molar-refractivity contribution in [3.05, 3.63) is 29.6 Å². The molecule has 1 amide bonds. The van der Waals surface area contributed by atoms with Crippen LogP contribution in [0.15, 0.2) is 18.2 Å². The van der Waals surface area contributed by atoms with Gasteiger partial charge in [0.25, 0.3) is 5.91 Å². The average molecular weight is 282 g/mol. The normalized spacial score (nSPS) is 16.4. The first-order chi connectivity index (χ1) is 8.99. The number of benzene rings is 1. The minimum absolute atomic E-state index is 0.0217. The van der Waals surface area contributed by atoms with Gasteiger partial charge in [0.2, 0.25) is 0 Å². The fourth-order valence-electron chi connectivity index (χ4n) is 2.21. The Kier molecular flexibility index (Phi) is 3.99. The maximum Gasteiger partial charge on any atom is 0.256 e. The Balaban J connectivity index is 2.07. The van der Waals surface area contributed by atoms with E-state index in [0.29, 0.717) is 30.9 Å². The van der Waals surface area contributed by atoms with E-state index in [1.54, 1.807) is 4.90 Å². The number of piperidine rings is 1. The molecule has 1 aliphatic heterocycles. The number of halogens is 1. The Morgan fingerprint density at radius 3 is 2.58 bits per heavy atom. The summed E-state index contributed by atoms with van der Waals surface area (Å²) in [4.78, 5) is 14.2. The Morgan fingerprint density at radius 1 is 1.42 bits per heavy atom. The number of nitrogens with two attached hydrogens (primary N) is 1. The standard InChI is InChI=1S/C13H15FN2O2S/c14-11-7-9(17)1-2-10(11)13(18)16-5-3-8(4-6-16)12(15)19/h1-2,7-8,17H,3-6H2,(H2,15,19). The molecule has 0 aromatic heterocycles. The SMILES string of the molecule is NC(=S)C1CCN(C(=O)c2ccc(O)cc2F)CC1. The summed E-state index contributed by atoms with van der Waals surface area (Å²) >= 11 is 4.93. The van der Waals surface area contributed by atoms with Crippen LogP contribution in [0.1, 0.15) is 23.2 Å². The van der Waals surface area contributed by atoms with E-state index in [0.717, 1.165) is 6.07 Å². The molecule has 0 bridgehead atoms. The number of aromatic hydroxyl groups is 1. The van der Waals surface area contributed by atoms with Crippen molar-refractivity contribution in [2.45, 2.75) is 12.8 Å². The molecule has 1 aliphatic rings. The van der Waals surface area contributed by atoms with Crippen molar-refractivity contribution in [3.63, 3.8) is 0 Å². The van der Waals surface area contributed by atoms with Crippen LogP contribution in [0.3, 0.4) is 0 Å². The Hall–Kier alpha value is -1.69. The van der Waals surface area contributed by atoms with Gasteiger partial charge in [0.15, 0.2) is 0 Å². The maximum atomic E-state index is 13.6. The van der Waals surface area contributed by atoms with Gasteiger partial charge in [-0.25, -0.2) is 4.39 Å². The topological polar surface area (TPSA) is 66.6 Å². The van der Waals surface area contributed by atoms with Gasteiger partial charge in [0, 0.05) is 25.1 Å². The van der Waals surface area contributed by atoms with Crippen molar-refractivity contribution in [2.75, 3.05) is 13.1 Å². The molecule has 0 unspecified atom stereocenters. The van der Waals surface area contributed by atoms with Crippen molar-refractivity contribution in [1.82, 2.24) is 4.90 Å². The van der Waals surface area contributed by atoms with E-state index in [2.05, 4.69) is 0 Å². The van der Waals surface area contributed by atoms with Crippen molar-refractivity contribution in [3.8, 4) is 5.75 Å². The molecule has 19 heavy (non-hydrogen) atoms. The number of carbonyl (C=O) groups excluding carboxylic acids is 1. The van der Waals surface area contributed by atoms with E-state index in [-0.39, 0.29) is 23.1 Å². The summed E-state index contributed by atoms with van der Waals surface area (Å²) in [6.07, 6.45) is 1.42. The Morgan fingerprint density at radius 2 is 2.05 bits per heavy atom. The number of carbonyl (C=O) groups is 1. The molecule has 1 aromatic carbocycles. The predicted molar refractivity (Wildman–Crippen MR) is 73.5 cm³/mol. The minimum Gasteiger partial charge on any atom is -0.508 e. The van der Waals surface area contributed by atoms with Gasteiger partial charge in [-0.2, -0.15) is 0 Å². The van der Waals surface area contributed by atoms with Gasteiger partial charge >= 0.3 is 0 Å². The van der Waals surface area contributed by atoms with Crippen LogP contribution in [0.2, 0.25) is 0 Å². The fourth-order valence-corrected chi connectivity index (χ4v) is 2.45. The molecule has 4 nitrogen and oxygen atoms in total. The largest absolute Gasteiger partial charge is 0.508 e. The number of likely N-dealkylation sites (tertiary alicyclic amines) is 1. The second-order valence-corrected chi connectivity index (χ2v) is 5.10. The van der Waals surface area contributed by atoms with Crippen LogP contribution >= 0.6 is 12.2 Å². The number of phenolic OH excluding ortho intramolecular Hbond substituents is 1. The molecule has 1 saturated heterocycles. The van der Waals surface area contributed by atoms with Crippen LogP contribution in [0.25, 0.3) is 0 Å². The van der Waals surface area contributed by atoms with Crippen molar-refractivity contribution in [1.29, 1.82) is 0 Å². The summed E-state index contributed by atoms with van der Waals surface area (Å²) in [6.45, 7) is 1.03. The number of phenols is 1. The molecule has 1 heterocycles. The first-order valence-corrected chi connectivity index (χ1v) is 6.47. The fraction of sp³-hybridized carbons (Fsp3) is 0.385. The van der Waals surface area contributed by atoms with Gasteiger partial charge in [-0.15, -0.1) is 0 Å². The van der Waals surface area contributed by atoms with E-state index in [1.807, 2.05) is 0 Å². The second kappa shape index (κ2) is 5.52. The van der Waals surface area contributed by atoms with Crippen LogP contribution in [-0.2, 0) is 0 Å². The van der Waals surface area contributed by atoms with Crippen LogP contribution in [0.4, 0.5) is 4.39 Å². The highest BCUT2D eigenvalue weighted by Crippen LogP contribution is 2.21. The van der Waals surface area contributed by atoms with Crippen LogP contribution in [0.5, 0.6) is 5.75 Å². The Bertz CT molecular complexity index is 513. The summed E-state index contributed by atoms with van der Waals surface area (Å²) in [5.74, 6) is -1.11. The van der Waals surface area contributed by atoms with Gasteiger partial charge in [-0.1, -0.05) is 12.2 Å². The number of nitrogens with zero attached hydrogens (tertiary/aromatic N) is 1. The van der Waals surface area contributed by atoms with E-state index in [1.165, 1.54) is 12.1 Å². The van der Waals surface area contributed by atoms with Crippen molar-refractivity contribution < 1.29 is 14.3 Å². The lowest BCUT2D eigenvalue weighted by molar-refractivity contribution is 0.0705. The molecule has 0 atom stereocenters. The Labute approximate surface area is 116 Å². The molecule has 0 aliphatic carbocycles. The highest BCUT2D eigenvalue weighted by Gasteiger charge is 2.26. The van der Waals surface area contributed by atoms with E-state index in [4.69, 9.17) is 23.1 Å². The lowest BCUT2D eigenvalue weighted by Gasteiger charge is -2.31. The molecule has 0 spiro atoms. The van der Waals surface area contributed by atoms with Crippen LogP contribution in [0, 0.1) is 11.7 Å². The molecule has 1 aromatic rings. The lowest BCUT2D eigenvalue weighted by Crippen LogP contribution is -2.41.